The molecule has 1 aromatic carbocycles. The topological polar surface area (TPSA) is 70.1 Å². The number of nitrogen functional groups attached to an aromatic ring is 1. The van der Waals surface area contributed by atoms with Gasteiger partial charge in [-0.3, -0.25) is 4.79 Å². The summed E-state index contributed by atoms with van der Waals surface area (Å²) in [7, 11) is 0. The van der Waals surface area contributed by atoms with Gasteiger partial charge in [0.25, 0.3) is 5.56 Å². The van der Waals surface area contributed by atoms with Crippen LogP contribution in [0, 0.1) is 6.92 Å². The highest BCUT2D eigenvalue weighted by molar-refractivity contribution is 7.18. The molecule has 1 aliphatic rings. The number of benzene rings is 1. The van der Waals surface area contributed by atoms with Gasteiger partial charge >= 0.3 is 0 Å². The van der Waals surface area contributed by atoms with Crippen molar-refractivity contribution in [1.29, 1.82) is 0 Å². The molecule has 0 fully saturated rings. The molecular weight excluding hydrogens is 334 g/mol. The first-order valence-corrected chi connectivity index (χ1v) is 9.16. The molecule has 2 N–H and O–H groups in total. The molecule has 3 aromatic rings. The molecule has 130 valence electrons. The van der Waals surface area contributed by atoms with Crippen molar-refractivity contribution in [2.45, 2.75) is 45.8 Å². The van der Waals surface area contributed by atoms with E-state index in [1.807, 2.05) is 32.9 Å². The minimum atomic E-state index is -0.270. The highest BCUT2D eigenvalue weighted by Crippen LogP contribution is 2.36. The van der Waals surface area contributed by atoms with Crippen molar-refractivity contribution in [3.05, 3.63) is 62.0 Å². The number of thiophene rings is 1. The Balaban J connectivity index is 1.82. The molecule has 3 heterocycles. The van der Waals surface area contributed by atoms with E-state index in [-0.39, 0.29) is 11.2 Å². The van der Waals surface area contributed by atoms with E-state index in [1.54, 1.807) is 11.3 Å². The second kappa shape index (κ2) is 5.68. The molecule has 0 bridgehead atoms. The Bertz CT molecular complexity index is 1020. The summed E-state index contributed by atoms with van der Waals surface area (Å²) in [5, 5.41) is 0.659. The van der Waals surface area contributed by atoms with Gasteiger partial charge in [0, 0.05) is 17.7 Å². The number of nitrogens with zero attached hydrogens (tertiary/aromatic N) is 2. The van der Waals surface area contributed by atoms with E-state index in [9.17, 15) is 4.79 Å². The molecular formula is C19H21N3O2S. The average molecular weight is 355 g/mol. The number of hydrogen-bond acceptors (Lipinski definition) is 5. The maximum Gasteiger partial charge on any atom is 0.280 e. The third kappa shape index (κ3) is 2.85. The second-order valence-corrected chi connectivity index (χ2v) is 8.36. The zero-order chi connectivity index (χ0) is 17.8. The second-order valence-electron chi connectivity index (χ2n) is 7.27. The van der Waals surface area contributed by atoms with Crippen molar-refractivity contribution >= 4 is 21.6 Å². The zero-order valence-corrected chi connectivity index (χ0v) is 15.4. The maximum absolute atomic E-state index is 12.9. The average Bonchev–Trinajstić information content (AvgIpc) is 2.90. The number of ether oxygens (including phenoxy) is 1. The standard InChI is InChI=1S/C19H21N3O2S/c1-11-4-6-12(7-5-11)8-15-21-17-16(18(23)22(15)20)13-9-19(2,3)24-10-14(13)25-17/h4-7H,8-10,20H2,1-3H3. The lowest BCUT2D eigenvalue weighted by atomic mass is 9.94. The van der Waals surface area contributed by atoms with Crippen LogP contribution in [0.2, 0.25) is 0 Å². The first kappa shape index (κ1) is 16.3. The lowest BCUT2D eigenvalue weighted by molar-refractivity contribution is -0.0379. The van der Waals surface area contributed by atoms with E-state index >= 15 is 0 Å². The Hall–Kier alpha value is -2.18. The van der Waals surface area contributed by atoms with Gasteiger partial charge in [-0.05, 0) is 31.9 Å². The Morgan fingerprint density at radius 1 is 1.32 bits per heavy atom. The lowest BCUT2D eigenvalue weighted by Crippen LogP contribution is -2.34. The molecule has 0 unspecified atom stereocenters. The van der Waals surface area contributed by atoms with Gasteiger partial charge in [0.2, 0.25) is 0 Å². The van der Waals surface area contributed by atoms with Crippen LogP contribution in [-0.2, 0) is 24.2 Å². The van der Waals surface area contributed by atoms with Crippen LogP contribution in [0.15, 0.2) is 29.1 Å². The molecule has 25 heavy (non-hydrogen) atoms. The molecule has 2 aromatic heterocycles. The summed E-state index contributed by atoms with van der Waals surface area (Å²) in [5.41, 5.74) is 2.90. The van der Waals surface area contributed by atoms with E-state index in [4.69, 9.17) is 15.6 Å². The molecule has 0 radical (unpaired) electrons. The summed E-state index contributed by atoms with van der Waals surface area (Å²) in [5.74, 6) is 6.68. The van der Waals surface area contributed by atoms with Crippen LogP contribution < -0.4 is 11.4 Å². The number of rotatable bonds is 2. The van der Waals surface area contributed by atoms with Gasteiger partial charge in [-0.25, -0.2) is 9.66 Å². The first-order valence-electron chi connectivity index (χ1n) is 8.35. The summed E-state index contributed by atoms with van der Waals surface area (Å²) >= 11 is 1.55. The normalized spacial score (nSPS) is 16.1. The van der Waals surface area contributed by atoms with Crippen molar-refractivity contribution < 1.29 is 4.74 Å². The van der Waals surface area contributed by atoms with Crippen LogP contribution in [0.25, 0.3) is 10.2 Å². The summed E-state index contributed by atoms with van der Waals surface area (Å²) in [6.45, 7) is 6.66. The van der Waals surface area contributed by atoms with E-state index in [2.05, 4.69) is 12.1 Å². The largest absolute Gasteiger partial charge is 0.370 e. The van der Waals surface area contributed by atoms with Gasteiger partial charge in [-0.2, -0.15) is 0 Å². The van der Waals surface area contributed by atoms with Gasteiger partial charge in [-0.15, -0.1) is 11.3 Å². The van der Waals surface area contributed by atoms with Crippen molar-refractivity contribution in [1.82, 2.24) is 9.66 Å². The molecule has 0 amide bonds. The molecule has 5 nitrogen and oxygen atoms in total. The van der Waals surface area contributed by atoms with Gasteiger partial charge < -0.3 is 10.6 Å². The quantitative estimate of drug-likeness (QED) is 0.718. The SMILES string of the molecule is Cc1ccc(Cc2nc3sc4c(c3c(=O)n2N)CC(C)(C)OC4)cc1. The van der Waals surface area contributed by atoms with Crippen LogP contribution in [0.4, 0.5) is 0 Å². The third-order valence-electron chi connectivity index (χ3n) is 4.69. The molecule has 0 saturated carbocycles. The van der Waals surface area contributed by atoms with Gasteiger partial charge in [0.05, 0.1) is 17.6 Å². The number of aromatic nitrogens is 2. The number of aryl methyl sites for hydroxylation is 1. The van der Waals surface area contributed by atoms with Crippen LogP contribution >= 0.6 is 11.3 Å². The number of hydrogen-bond donors (Lipinski definition) is 1. The Morgan fingerprint density at radius 3 is 2.76 bits per heavy atom. The predicted octanol–water partition coefficient (Wildman–Crippen LogP) is 2.92. The summed E-state index contributed by atoms with van der Waals surface area (Å²) in [4.78, 5) is 19.5. The van der Waals surface area contributed by atoms with Crippen molar-refractivity contribution in [2.24, 2.45) is 0 Å². The van der Waals surface area contributed by atoms with E-state index in [0.29, 0.717) is 30.7 Å². The van der Waals surface area contributed by atoms with E-state index in [1.165, 1.54) is 10.2 Å². The fourth-order valence-corrected chi connectivity index (χ4v) is 4.37. The first-order chi connectivity index (χ1) is 11.8. The van der Waals surface area contributed by atoms with Crippen LogP contribution in [-0.4, -0.2) is 15.3 Å². The Labute approximate surface area is 150 Å². The van der Waals surface area contributed by atoms with Crippen LogP contribution in [0.1, 0.15) is 41.2 Å². The molecule has 6 heteroatoms. The summed E-state index contributed by atoms with van der Waals surface area (Å²) < 4.78 is 7.08. The van der Waals surface area contributed by atoms with Gasteiger partial charge in [0.1, 0.15) is 10.7 Å². The molecule has 1 aliphatic heterocycles. The minimum absolute atomic E-state index is 0.165. The zero-order valence-electron chi connectivity index (χ0n) is 14.6. The Morgan fingerprint density at radius 2 is 2.04 bits per heavy atom. The smallest absolute Gasteiger partial charge is 0.280 e. The minimum Gasteiger partial charge on any atom is -0.370 e. The molecule has 0 aliphatic carbocycles. The van der Waals surface area contributed by atoms with E-state index < -0.39 is 0 Å². The van der Waals surface area contributed by atoms with Crippen molar-refractivity contribution in [2.75, 3.05) is 5.84 Å². The Kier molecular flexibility index (Phi) is 3.70. The van der Waals surface area contributed by atoms with E-state index in [0.717, 1.165) is 20.8 Å². The summed E-state index contributed by atoms with van der Waals surface area (Å²) in [6.07, 6.45) is 1.24. The number of nitrogens with two attached hydrogens (primary N) is 1. The molecule has 4 rings (SSSR count). The maximum atomic E-state index is 12.9. The fraction of sp³-hybridized carbons (Fsp3) is 0.368. The predicted molar refractivity (Wildman–Crippen MR) is 101 cm³/mol. The van der Waals surface area contributed by atoms with Gasteiger partial charge in [-0.1, -0.05) is 29.8 Å². The lowest BCUT2D eigenvalue weighted by Gasteiger charge is -2.29. The van der Waals surface area contributed by atoms with Crippen molar-refractivity contribution in [3.63, 3.8) is 0 Å². The van der Waals surface area contributed by atoms with Crippen molar-refractivity contribution in [3.8, 4) is 0 Å². The summed E-state index contributed by atoms with van der Waals surface area (Å²) in [6, 6.07) is 8.19. The monoisotopic (exact) mass is 355 g/mol. The number of fused-ring (bicyclic) bond motifs is 3. The third-order valence-corrected chi connectivity index (χ3v) is 5.79. The van der Waals surface area contributed by atoms with Crippen LogP contribution in [0.3, 0.4) is 0 Å². The molecule has 0 saturated heterocycles. The van der Waals surface area contributed by atoms with Crippen LogP contribution in [0.5, 0.6) is 0 Å². The fourth-order valence-electron chi connectivity index (χ4n) is 3.26. The highest BCUT2D eigenvalue weighted by Gasteiger charge is 2.31. The van der Waals surface area contributed by atoms with Gasteiger partial charge in [0.15, 0.2) is 0 Å². The molecule has 0 spiro atoms. The molecule has 0 atom stereocenters. The highest BCUT2D eigenvalue weighted by atomic mass is 32.1.